The molecule has 0 aliphatic heterocycles. The van der Waals surface area contributed by atoms with Gasteiger partial charge in [-0.25, -0.2) is 0 Å². The van der Waals surface area contributed by atoms with E-state index in [4.69, 9.17) is 4.74 Å². The summed E-state index contributed by atoms with van der Waals surface area (Å²) in [7, 11) is 1.69. The molecule has 0 saturated heterocycles. The minimum Gasteiger partial charge on any atom is -0.497 e. The van der Waals surface area contributed by atoms with E-state index in [9.17, 15) is 0 Å². The molecule has 3 aromatic rings. The molecule has 0 spiro atoms. The lowest BCUT2D eigenvalue weighted by Gasteiger charge is -2.21. The maximum Gasteiger partial charge on any atom is 0.118 e. The van der Waals surface area contributed by atoms with Gasteiger partial charge in [0.15, 0.2) is 0 Å². The highest BCUT2D eigenvalue weighted by Crippen LogP contribution is 2.25. The summed E-state index contributed by atoms with van der Waals surface area (Å²) in [5, 5.41) is 3.64. The molecule has 116 valence electrons. The van der Waals surface area contributed by atoms with E-state index >= 15 is 0 Å². The summed E-state index contributed by atoms with van der Waals surface area (Å²) in [6, 6.07) is 29.4. The Bertz CT molecular complexity index is 666. The van der Waals surface area contributed by atoms with Gasteiger partial charge < -0.3 is 10.1 Å². The molecule has 0 heterocycles. The fraction of sp³-hybridized carbons (Fsp3) is 0.143. The van der Waals surface area contributed by atoms with Crippen LogP contribution >= 0.6 is 0 Å². The molecule has 0 amide bonds. The molecule has 0 saturated carbocycles. The van der Waals surface area contributed by atoms with Crippen molar-refractivity contribution in [3.63, 3.8) is 0 Å². The summed E-state index contributed by atoms with van der Waals surface area (Å²) in [5.74, 6) is 0.881. The Morgan fingerprint density at radius 2 is 1.39 bits per heavy atom. The maximum absolute atomic E-state index is 5.27. The summed E-state index contributed by atoms with van der Waals surface area (Å²) in [6.45, 7) is 0. The van der Waals surface area contributed by atoms with E-state index < -0.39 is 0 Å². The Labute approximate surface area is 137 Å². The molecule has 1 unspecified atom stereocenters. The number of hydrogen-bond acceptors (Lipinski definition) is 2. The third-order valence-electron chi connectivity index (χ3n) is 3.92. The molecule has 2 nitrogen and oxygen atoms in total. The molecular formula is C21H21NO. The van der Waals surface area contributed by atoms with Crippen LogP contribution in [0.25, 0.3) is 0 Å². The van der Waals surface area contributed by atoms with Crippen molar-refractivity contribution in [1.29, 1.82) is 0 Å². The highest BCUT2D eigenvalue weighted by Gasteiger charge is 2.12. The van der Waals surface area contributed by atoms with Crippen molar-refractivity contribution in [2.45, 2.75) is 12.5 Å². The van der Waals surface area contributed by atoms with Crippen LogP contribution in [0.15, 0.2) is 84.9 Å². The van der Waals surface area contributed by atoms with Gasteiger partial charge in [-0.05, 0) is 41.8 Å². The van der Waals surface area contributed by atoms with Crippen LogP contribution in [0.5, 0.6) is 5.75 Å². The van der Waals surface area contributed by atoms with Gasteiger partial charge in [-0.1, -0.05) is 60.7 Å². The van der Waals surface area contributed by atoms with Crippen LogP contribution < -0.4 is 10.1 Å². The first-order chi connectivity index (χ1) is 11.3. The van der Waals surface area contributed by atoms with Gasteiger partial charge in [-0.2, -0.15) is 0 Å². The van der Waals surface area contributed by atoms with E-state index in [0.717, 1.165) is 17.9 Å². The molecule has 1 N–H and O–H groups in total. The van der Waals surface area contributed by atoms with Crippen molar-refractivity contribution in [2.75, 3.05) is 12.4 Å². The molecule has 1 atom stereocenters. The lowest BCUT2D eigenvalue weighted by atomic mass is 9.98. The van der Waals surface area contributed by atoms with Gasteiger partial charge in [0, 0.05) is 5.69 Å². The normalized spacial score (nSPS) is 11.7. The molecule has 3 aromatic carbocycles. The Kier molecular flexibility index (Phi) is 4.95. The van der Waals surface area contributed by atoms with E-state index in [-0.39, 0.29) is 6.04 Å². The summed E-state index contributed by atoms with van der Waals surface area (Å²) in [4.78, 5) is 0. The molecule has 2 heteroatoms. The minimum absolute atomic E-state index is 0.214. The fourth-order valence-electron chi connectivity index (χ4n) is 2.67. The fourth-order valence-corrected chi connectivity index (χ4v) is 2.67. The van der Waals surface area contributed by atoms with Gasteiger partial charge in [0.25, 0.3) is 0 Å². The second-order valence-electron chi connectivity index (χ2n) is 5.53. The Hall–Kier alpha value is -2.74. The molecule has 0 aliphatic carbocycles. The Morgan fingerprint density at radius 3 is 2.00 bits per heavy atom. The standard InChI is InChI=1S/C21H21NO/c1-23-20-14-12-18(13-15-20)21(16-17-8-4-2-5-9-17)22-19-10-6-3-7-11-19/h2-15,21-22H,16H2,1H3. The molecular weight excluding hydrogens is 282 g/mol. The molecule has 0 radical (unpaired) electrons. The monoisotopic (exact) mass is 303 g/mol. The SMILES string of the molecule is COc1ccc(C(Cc2ccccc2)Nc2ccccc2)cc1. The predicted octanol–water partition coefficient (Wildman–Crippen LogP) is 5.09. The summed E-state index contributed by atoms with van der Waals surface area (Å²) < 4.78 is 5.27. The quantitative estimate of drug-likeness (QED) is 0.684. The van der Waals surface area contributed by atoms with Gasteiger partial charge in [-0.15, -0.1) is 0 Å². The maximum atomic E-state index is 5.27. The van der Waals surface area contributed by atoms with Gasteiger partial charge in [0.1, 0.15) is 5.75 Å². The zero-order chi connectivity index (χ0) is 15.9. The molecule has 23 heavy (non-hydrogen) atoms. The van der Waals surface area contributed by atoms with Crippen LogP contribution in [0.4, 0.5) is 5.69 Å². The zero-order valence-electron chi connectivity index (χ0n) is 13.3. The van der Waals surface area contributed by atoms with Crippen LogP contribution in [0.2, 0.25) is 0 Å². The highest BCUT2D eigenvalue weighted by molar-refractivity contribution is 5.46. The van der Waals surface area contributed by atoms with Crippen molar-refractivity contribution in [3.05, 3.63) is 96.1 Å². The number of anilines is 1. The highest BCUT2D eigenvalue weighted by atomic mass is 16.5. The van der Waals surface area contributed by atoms with Gasteiger partial charge in [0.2, 0.25) is 0 Å². The smallest absolute Gasteiger partial charge is 0.118 e. The first kappa shape index (κ1) is 15.2. The molecule has 0 fully saturated rings. The van der Waals surface area contributed by atoms with E-state index in [1.807, 2.05) is 18.2 Å². The largest absolute Gasteiger partial charge is 0.497 e. The molecule has 0 aromatic heterocycles. The first-order valence-electron chi connectivity index (χ1n) is 7.84. The number of para-hydroxylation sites is 1. The van der Waals surface area contributed by atoms with Crippen molar-refractivity contribution < 1.29 is 4.74 Å². The number of hydrogen-bond donors (Lipinski definition) is 1. The average molecular weight is 303 g/mol. The van der Waals surface area contributed by atoms with E-state index in [1.165, 1.54) is 11.1 Å². The van der Waals surface area contributed by atoms with E-state index in [2.05, 4.69) is 72.0 Å². The van der Waals surface area contributed by atoms with Crippen LogP contribution in [0.1, 0.15) is 17.2 Å². The third kappa shape index (κ3) is 4.13. The predicted molar refractivity (Wildman–Crippen MR) is 95.9 cm³/mol. The number of nitrogens with one attached hydrogen (secondary N) is 1. The Morgan fingerprint density at radius 1 is 0.783 bits per heavy atom. The molecule has 0 bridgehead atoms. The number of benzene rings is 3. The van der Waals surface area contributed by atoms with Crippen LogP contribution in [0.3, 0.4) is 0 Å². The van der Waals surface area contributed by atoms with Crippen molar-refractivity contribution >= 4 is 5.69 Å². The lowest BCUT2D eigenvalue weighted by Crippen LogP contribution is -2.13. The van der Waals surface area contributed by atoms with Crippen molar-refractivity contribution in [1.82, 2.24) is 0 Å². The number of ether oxygens (including phenoxy) is 1. The Balaban J connectivity index is 1.85. The van der Waals surface area contributed by atoms with Crippen LogP contribution in [-0.4, -0.2) is 7.11 Å². The number of rotatable bonds is 6. The minimum atomic E-state index is 0.214. The summed E-state index contributed by atoms with van der Waals surface area (Å²) in [6.07, 6.45) is 0.933. The van der Waals surface area contributed by atoms with Gasteiger partial charge in [-0.3, -0.25) is 0 Å². The van der Waals surface area contributed by atoms with Crippen molar-refractivity contribution in [3.8, 4) is 5.75 Å². The molecule has 0 aliphatic rings. The first-order valence-corrected chi connectivity index (χ1v) is 7.84. The summed E-state index contributed by atoms with van der Waals surface area (Å²) >= 11 is 0. The van der Waals surface area contributed by atoms with Gasteiger partial charge >= 0.3 is 0 Å². The summed E-state index contributed by atoms with van der Waals surface area (Å²) in [5.41, 5.74) is 3.69. The molecule has 3 rings (SSSR count). The second kappa shape index (κ2) is 7.50. The lowest BCUT2D eigenvalue weighted by molar-refractivity contribution is 0.414. The number of methoxy groups -OCH3 is 1. The van der Waals surface area contributed by atoms with E-state index in [0.29, 0.717) is 0 Å². The third-order valence-corrected chi connectivity index (χ3v) is 3.92. The topological polar surface area (TPSA) is 21.3 Å². The van der Waals surface area contributed by atoms with Crippen LogP contribution in [0, 0.1) is 0 Å². The average Bonchev–Trinajstić information content (AvgIpc) is 2.63. The van der Waals surface area contributed by atoms with Gasteiger partial charge in [0.05, 0.1) is 13.2 Å². The second-order valence-corrected chi connectivity index (χ2v) is 5.53. The van der Waals surface area contributed by atoms with Crippen LogP contribution in [-0.2, 0) is 6.42 Å². The van der Waals surface area contributed by atoms with Crippen molar-refractivity contribution in [2.24, 2.45) is 0 Å². The zero-order valence-corrected chi connectivity index (χ0v) is 13.3. The van der Waals surface area contributed by atoms with E-state index in [1.54, 1.807) is 7.11 Å².